The molecule has 1 fully saturated rings. The molecule has 0 saturated carbocycles. The molecule has 0 aliphatic carbocycles. The van der Waals surface area contributed by atoms with Gasteiger partial charge < -0.3 is 19.9 Å². The molecule has 0 amide bonds. The zero-order valence-electron chi connectivity index (χ0n) is 19.5. The zero-order valence-corrected chi connectivity index (χ0v) is 20.2. The number of hydrogen-bond donors (Lipinski definition) is 1. The number of imidazole rings is 1. The van der Waals surface area contributed by atoms with Gasteiger partial charge in [0, 0.05) is 0 Å². The van der Waals surface area contributed by atoms with Gasteiger partial charge in [-0.15, -0.1) is 0 Å². The van der Waals surface area contributed by atoms with E-state index in [4.69, 9.17) is 31.5 Å². The molecule has 5 rings (SSSR count). The van der Waals surface area contributed by atoms with Crippen molar-refractivity contribution < 1.29 is 28.2 Å². The molecule has 2 N–H and O–H groups in total. The Kier molecular flexibility index (Phi) is 6.48. The van der Waals surface area contributed by atoms with Crippen LogP contribution in [0.5, 0.6) is 0 Å². The summed E-state index contributed by atoms with van der Waals surface area (Å²) < 4.78 is 34.8. The monoisotopic (exact) mass is 525 g/mol. The number of halogens is 2. The molecule has 4 atom stereocenters. The van der Waals surface area contributed by atoms with E-state index >= 15 is 4.39 Å². The Labute approximate surface area is 215 Å². The van der Waals surface area contributed by atoms with Crippen molar-refractivity contribution in [2.24, 2.45) is 0 Å². The Balaban J connectivity index is 1.47. The Morgan fingerprint density at radius 2 is 1.70 bits per heavy atom. The quantitative estimate of drug-likeness (QED) is 0.295. The van der Waals surface area contributed by atoms with E-state index in [0.29, 0.717) is 5.56 Å². The molecule has 0 spiro atoms. The fourth-order valence-electron chi connectivity index (χ4n) is 4.17. The van der Waals surface area contributed by atoms with Crippen molar-refractivity contribution in [3.05, 3.63) is 83.3 Å². The summed E-state index contributed by atoms with van der Waals surface area (Å²) in [5.41, 5.74) is 4.26. The van der Waals surface area contributed by atoms with Crippen molar-refractivity contribution >= 4 is 40.7 Å². The normalized spacial score (nSPS) is 23.2. The van der Waals surface area contributed by atoms with Crippen LogP contribution in [0.4, 0.5) is 10.3 Å². The van der Waals surface area contributed by atoms with Gasteiger partial charge in [-0.05, 0) is 31.2 Å². The van der Waals surface area contributed by atoms with Gasteiger partial charge in [0.2, 0.25) is 5.95 Å². The SMILES string of the molecule is C[C@@]1(F)[C@H](OC(=O)c2ccccc2)C(COC(=O)c2ccccc2)O[C@H]1n1cnc2c(Cl)nc(N)nc21. The van der Waals surface area contributed by atoms with Crippen LogP contribution in [0.15, 0.2) is 67.0 Å². The van der Waals surface area contributed by atoms with Gasteiger partial charge in [0.25, 0.3) is 0 Å². The summed E-state index contributed by atoms with van der Waals surface area (Å²) in [7, 11) is 0. The van der Waals surface area contributed by atoms with Gasteiger partial charge in [0.15, 0.2) is 28.8 Å². The lowest BCUT2D eigenvalue weighted by Crippen LogP contribution is -2.44. The molecular formula is C25H21ClFN5O5. The minimum absolute atomic E-state index is 0.0137. The lowest BCUT2D eigenvalue weighted by Gasteiger charge is -2.27. The van der Waals surface area contributed by atoms with E-state index in [1.54, 1.807) is 60.7 Å². The highest BCUT2D eigenvalue weighted by Gasteiger charge is 2.58. The molecule has 3 heterocycles. The van der Waals surface area contributed by atoms with Crippen LogP contribution in [0.2, 0.25) is 5.15 Å². The topological polar surface area (TPSA) is 131 Å². The third-order valence-electron chi connectivity index (χ3n) is 5.96. The number of nitrogen functional groups attached to an aromatic ring is 1. The predicted molar refractivity (Wildman–Crippen MR) is 131 cm³/mol. The molecule has 1 unspecified atom stereocenters. The number of alkyl halides is 1. The minimum atomic E-state index is -2.31. The number of nitrogens with zero attached hydrogens (tertiary/aromatic N) is 4. The van der Waals surface area contributed by atoms with Gasteiger partial charge in [-0.25, -0.2) is 19.0 Å². The van der Waals surface area contributed by atoms with Crippen molar-refractivity contribution in [3.63, 3.8) is 0 Å². The highest BCUT2D eigenvalue weighted by atomic mass is 35.5. The smallest absolute Gasteiger partial charge is 0.338 e. The van der Waals surface area contributed by atoms with Crippen LogP contribution in [-0.2, 0) is 14.2 Å². The molecule has 0 bridgehead atoms. The summed E-state index contributed by atoms with van der Waals surface area (Å²) in [6, 6.07) is 16.4. The molecule has 1 saturated heterocycles. The Morgan fingerprint density at radius 1 is 1.08 bits per heavy atom. The summed E-state index contributed by atoms with van der Waals surface area (Å²) in [5, 5.41) is -0.0137. The summed E-state index contributed by atoms with van der Waals surface area (Å²) in [6.45, 7) is 0.832. The van der Waals surface area contributed by atoms with Crippen LogP contribution < -0.4 is 5.73 Å². The Morgan fingerprint density at radius 3 is 2.35 bits per heavy atom. The largest absolute Gasteiger partial charge is 0.459 e. The van der Waals surface area contributed by atoms with Crippen LogP contribution in [0.1, 0.15) is 33.9 Å². The number of aromatic nitrogens is 4. The third kappa shape index (κ3) is 4.70. The van der Waals surface area contributed by atoms with Crippen molar-refractivity contribution in [3.8, 4) is 0 Å². The Bertz CT molecular complexity index is 1450. The van der Waals surface area contributed by atoms with Crippen molar-refractivity contribution in [2.45, 2.75) is 31.0 Å². The number of esters is 2. The molecule has 37 heavy (non-hydrogen) atoms. The average molecular weight is 526 g/mol. The van der Waals surface area contributed by atoms with Gasteiger partial charge in [-0.2, -0.15) is 9.97 Å². The summed E-state index contributed by atoms with van der Waals surface area (Å²) in [5.74, 6) is -1.54. The second kappa shape index (κ2) is 9.75. The first-order chi connectivity index (χ1) is 17.8. The van der Waals surface area contributed by atoms with Crippen LogP contribution in [0, 0.1) is 0 Å². The number of nitrogens with two attached hydrogens (primary N) is 1. The van der Waals surface area contributed by atoms with Crippen LogP contribution in [0.3, 0.4) is 0 Å². The molecule has 1 aliphatic heterocycles. The first-order valence-corrected chi connectivity index (χ1v) is 11.6. The standard InChI is InChI=1S/C25H21ClFN5O5/c1-25(27)18(37-22(34)15-10-6-3-7-11-15)16(12-35-21(33)14-8-4-2-5-9-14)36-23(25)32-13-29-17-19(26)30-24(28)31-20(17)32/h2-11,13,16,18,23H,12H2,1H3,(H2,28,30,31)/t16?,18-,23-,25-/m1/s1. The number of ether oxygens (including phenoxy) is 3. The van der Waals surface area contributed by atoms with Crippen LogP contribution >= 0.6 is 11.6 Å². The number of benzene rings is 2. The minimum Gasteiger partial charge on any atom is -0.459 e. The lowest BCUT2D eigenvalue weighted by atomic mass is 9.98. The molecule has 12 heteroatoms. The van der Waals surface area contributed by atoms with E-state index < -0.39 is 36.0 Å². The fourth-order valence-corrected chi connectivity index (χ4v) is 4.39. The molecule has 0 radical (unpaired) electrons. The number of carbonyl (C=O) groups is 2. The van der Waals surface area contributed by atoms with E-state index in [1.165, 1.54) is 17.8 Å². The highest BCUT2D eigenvalue weighted by Crippen LogP contribution is 2.44. The molecular weight excluding hydrogens is 505 g/mol. The van der Waals surface area contributed by atoms with E-state index in [0.717, 1.165) is 0 Å². The van der Waals surface area contributed by atoms with Crippen molar-refractivity contribution in [2.75, 3.05) is 12.3 Å². The molecule has 10 nitrogen and oxygen atoms in total. The number of rotatable bonds is 6. The van der Waals surface area contributed by atoms with Gasteiger partial charge in [0.1, 0.15) is 18.2 Å². The van der Waals surface area contributed by atoms with Gasteiger partial charge in [0.05, 0.1) is 17.5 Å². The molecule has 1 aliphatic rings. The molecule has 2 aromatic carbocycles. The molecule has 2 aromatic heterocycles. The van der Waals surface area contributed by atoms with E-state index in [-0.39, 0.29) is 34.4 Å². The maximum absolute atomic E-state index is 16.5. The maximum atomic E-state index is 16.5. The highest BCUT2D eigenvalue weighted by molar-refractivity contribution is 6.33. The van der Waals surface area contributed by atoms with E-state index in [2.05, 4.69) is 15.0 Å². The summed E-state index contributed by atoms with van der Waals surface area (Å²) >= 11 is 6.12. The van der Waals surface area contributed by atoms with E-state index in [1.807, 2.05) is 0 Å². The first-order valence-electron chi connectivity index (χ1n) is 11.2. The van der Waals surface area contributed by atoms with Gasteiger partial charge in [-0.1, -0.05) is 48.0 Å². The van der Waals surface area contributed by atoms with E-state index in [9.17, 15) is 9.59 Å². The van der Waals surface area contributed by atoms with Crippen molar-refractivity contribution in [1.29, 1.82) is 0 Å². The first kappa shape index (κ1) is 24.6. The number of hydrogen-bond acceptors (Lipinski definition) is 9. The molecule has 4 aromatic rings. The van der Waals surface area contributed by atoms with Crippen molar-refractivity contribution in [1.82, 2.24) is 19.5 Å². The number of anilines is 1. The number of fused-ring (bicyclic) bond motifs is 1. The van der Waals surface area contributed by atoms with Crippen LogP contribution in [0.25, 0.3) is 11.2 Å². The summed E-state index contributed by atoms with van der Waals surface area (Å²) in [6.07, 6.45) is -2.72. The predicted octanol–water partition coefficient (Wildman–Crippen LogP) is 3.77. The fraction of sp³-hybridized carbons (Fsp3) is 0.240. The molecule has 190 valence electrons. The van der Waals surface area contributed by atoms with Crippen LogP contribution in [-0.4, -0.2) is 55.9 Å². The number of carbonyl (C=O) groups excluding carboxylic acids is 2. The second-order valence-electron chi connectivity index (χ2n) is 8.53. The van der Waals surface area contributed by atoms with Gasteiger partial charge >= 0.3 is 11.9 Å². The summed E-state index contributed by atoms with van der Waals surface area (Å²) in [4.78, 5) is 37.5. The Hall–Kier alpha value is -4.09. The average Bonchev–Trinajstić information content (AvgIpc) is 3.41. The maximum Gasteiger partial charge on any atom is 0.338 e. The third-order valence-corrected chi connectivity index (χ3v) is 6.22. The second-order valence-corrected chi connectivity index (χ2v) is 8.89. The van der Waals surface area contributed by atoms with Gasteiger partial charge in [-0.3, -0.25) is 4.57 Å². The lowest BCUT2D eigenvalue weighted by molar-refractivity contribution is -0.0611. The zero-order chi connectivity index (χ0) is 26.2.